The van der Waals surface area contributed by atoms with Gasteiger partial charge in [-0.3, -0.25) is 24.6 Å². The molecular weight excluding hydrogens is 392 g/mol. The topological polar surface area (TPSA) is 80.5 Å². The number of hydrogen-bond donors (Lipinski definition) is 0. The minimum Gasteiger partial charge on any atom is -0.294 e. The van der Waals surface area contributed by atoms with E-state index in [9.17, 15) is 19.7 Å². The Morgan fingerprint density at radius 1 is 1.14 bits per heavy atom. The van der Waals surface area contributed by atoms with Gasteiger partial charge in [-0.2, -0.15) is 0 Å². The van der Waals surface area contributed by atoms with Gasteiger partial charge in [-0.1, -0.05) is 41.4 Å². The number of halogens is 1. The number of non-ortho nitro benzene ring substituents is 1. The Morgan fingerprint density at radius 2 is 1.93 bits per heavy atom. The van der Waals surface area contributed by atoms with Gasteiger partial charge in [-0.05, 0) is 31.4 Å². The molecule has 0 fully saturated rings. The molecule has 0 spiro atoms. The average Bonchev–Trinajstić information content (AvgIpc) is 2.68. The van der Waals surface area contributed by atoms with Crippen molar-refractivity contribution < 1.29 is 14.5 Å². The van der Waals surface area contributed by atoms with Crippen LogP contribution in [-0.2, 0) is 9.59 Å². The number of rotatable bonds is 3. The third-order valence-electron chi connectivity index (χ3n) is 5.50. The summed E-state index contributed by atoms with van der Waals surface area (Å²) in [5.74, 6) is -0.497. The van der Waals surface area contributed by atoms with E-state index in [4.69, 9.17) is 11.6 Å². The van der Waals surface area contributed by atoms with Gasteiger partial charge in [0.05, 0.1) is 15.6 Å². The Labute approximate surface area is 172 Å². The number of anilines is 1. The number of amides is 1. The van der Waals surface area contributed by atoms with Gasteiger partial charge in [0.15, 0.2) is 5.78 Å². The number of allylic oxidation sites excluding steroid dienone is 2. The second kappa shape index (κ2) is 7.44. The van der Waals surface area contributed by atoms with Gasteiger partial charge in [-0.15, -0.1) is 0 Å². The van der Waals surface area contributed by atoms with Crippen LogP contribution < -0.4 is 4.90 Å². The van der Waals surface area contributed by atoms with Crippen LogP contribution in [0, 0.1) is 17.0 Å². The van der Waals surface area contributed by atoms with Gasteiger partial charge >= 0.3 is 0 Å². The fourth-order valence-corrected chi connectivity index (χ4v) is 4.43. The highest BCUT2D eigenvalue weighted by Gasteiger charge is 2.40. The summed E-state index contributed by atoms with van der Waals surface area (Å²) in [4.78, 5) is 38.2. The first kappa shape index (κ1) is 19.3. The molecule has 0 saturated carbocycles. The number of carbonyl (C=O) groups excluding carboxylic acids is 2. The van der Waals surface area contributed by atoms with E-state index < -0.39 is 4.92 Å². The number of Topliss-reactive ketones (excluding diaryl/α,β-unsaturated/α-hetero) is 1. The molecule has 1 unspecified atom stereocenters. The van der Waals surface area contributed by atoms with E-state index in [1.54, 1.807) is 0 Å². The molecule has 2 aromatic carbocycles. The minimum atomic E-state index is -0.523. The van der Waals surface area contributed by atoms with Gasteiger partial charge in [0.1, 0.15) is 0 Å². The lowest BCUT2D eigenvalue weighted by molar-refractivity contribution is -0.384. The summed E-state index contributed by atoms with van der Waals surface area (Å²) in [7, 11) is 0. The molecular formula is C22H19ClN2O4. The van der Waals surface area contributed by atoms with Crippen molar-refractivity contribution in [3.63, 3.8) is 0 Å². The van der Waals surface area contributed by atoms with Crippen molar-refractivity contribution in [2.45, 2.75) is 38.5 Å². The predicted molar refractivity (Wildman–Crippen MR) is 110 cm³/mol. The summed E-state index contributed by atoms with van der Waals surface area (Å²) in [5, 5.41) is 11.5. The number of hydrogen-bond acceptors (Lipinski definition) is 4. The Hall–Kier alpha value is -2.99. The van der Waals surface area contributed by atoms with Crippen molar-refractivity contribution in [3.8, 4) is 0 Å². The normalized spacial score (nSPS) is 19.4. The lowest BCUT2D eigenvalue weighted by Crippen LogP contribution is -2.40. The van der Waals surface area contributed by atoms with Gasteiger partial charge in [0.2, 0.25) is 5.91 Å². The van der Waals surface area contributed by atoms with Crippen molar-refractivity contribution in [3.05, 3.63) is 80.0 Å². The zero-order valence-electron chi connectivity index (χ0n) is 15.9. The minimum absolute atomic E-state index is 0.0248. The van der Waals surface area contributed by atoms with Crippen LogP contribution in [0.5, 0.6) is 0 Å². The fraction of sp³-hybridized carbons (Fsp3) is 0.273. The van der Waals surface area contributed by atoms with Crippen LogP contribution in [0.3, 0.4) is 0 Å². The van der Waals surface area contributed by atoms with Crippen LogP contribution in [0.2, 0.25) is 5.02 Å². The van der Waals surface area contributed by atoms with Crippen LogP contribution in [0.4, 0.5) is 11.4 Å². The standard InChI is InChI=1S/C22H19ClN2O4/c1-13-4-2-5-14(10-13)16-12-21(27)24(18-6-3-7-20(26)22(16)18)19-11-15(25(28)29)8-9-17(19)23/h2,4-5,8-11,16H,3,6-7,12H2,1H3. The Balaban J connectivity index is 1.89. The van der Waals surface area contributed by atoms with Gasteiger partial charge in [-0.25, -0.2) is 0 Å². The number of benzene rings is 2. The quantitative estimate of drug-likeness (QED) is 0.521. The fourth-order valence-electron chi connectivity index (χ4n) is 4.23. The molecule has 1 aliphatic heterocycles. The molecule has 0 saturated heterocycles. The molecule has 0 aromatic heterocycles. The summed E-state index contributed by atoms with van der Waals surface area (Å²) in [6.07, 6.45) is 1.74. The molecule has 1 atom stereocenters. The highest BCUT2D eigenvalue weighted by molar-refractivity contribution is 6.34. The van der Waals surface area contributed by atoms with Crippen molar-refractivity contribution in [2.75, 3.05) is 4.90 Å². The number of nitro benzene ring substituents is 1. The molecule has 1 amide bonds. The summed E-state index contributed by atoms with van der Waals surface area (Å²) >= 11 is 6.32. The van der Waals surface area contributed by atoms with Crippen LogP contribution in [0.1, 0.15) is 42.7 Å². The molecule has 6 nitrogen and oxygen atoms in total. The zero-order chi connectivity index (χ0) is 20.7. The zero-order valence-corrected chi connectivity index (χ0v) is 16.6. The van der Waals surface area contributed by atoms with Crippen molar-refractivity contribution >= 4 is 34.7 Å². The maximum atomic E-state index is 13.2. The summed E-state index contributed by atoms with van der Waals surface area (Å²) < 4.78 is 0. The number of nitrogens with zero attached hydrogens (tertiary/aromatic N) is 2. The molecule has 1 aliphatic carbocycles. The van der Waals surface area contributed by atoms with Crippen molar-refractivity contribution in [1.29, 1.82) is 0 Å². The first-order valence-corrected chi connectivity index (χ1v) is 9.84. The molecule has 7 heteroatoms. The molecule has 1 heterocycles. The summed E-state index contributed by atoms with van der Waals surface area (Å²) in [6, 6.07) is 11.9. The third kappa shape index (κ3) is 3.44. The molecule has 0 radical (unpaired) electrons. The lowest BCUT2D eigenvalue weighted by Gasteiger charge is -2.38. The average molecular weight is 411 g/mol. The third-order valence-corrected chi connectivity index (χ3v) is 5.82. The van der Waals surface area contributed by atoms with Crippen molar-refractivity contribution in [2.24, 2.45) is 0 Å². The monoisotopic (exact) mass is 410 g/mol. The lowest BCUT2D eigenvalue weighted by atomic mass is 9.77. The molecule has 0 bridgehead atoms. The Kier molecular flexibility index (Phi) is 4.96. The SMILES string of the molecule is Cc1cccc(C2CC(=O)N(c3cc([N+](=O)[O-])ccc3Cl)C3=C2C(=O)CCC3)c1. The second-order valence-corrected chi connectivity index (χ2v) is 7.84. The van der Waals surface area contributed by atoms with E-state index in [1.165, 1.54) is 23.1 Å². The van der Waals surface area contributed by atoms with E-state index >= 15 is 0 Å². The second-order valence-electron chi connectivity index (χ2n) is 7.43. The van der Waals surface area contributed by atoms with E-state index in [1.807, 2.05) is 31.2 Å². The Bertz CT molecular complexity index is 1080. The van der Waals surface area contributed by atoms with E-state index in [0.29, 0.717) is 30.5 Å². The molecule has 0 N–H and O–H groups in total. The highest BCUT2D eigenvalue weighted by atomic mass is 35.5. The van der Waals surface area contributed by atoms with E-state index in [0.717, 1.165) is 11.1 Å². The molecule has 2 aliphatic rings. The first-order valence-electron chi connectivity index (χ1n) is 9.46. The van der Waals surface area contributed by atoms with Crippen LogP contribution in [-0.4, -0.2) is 16.6 Å². The van der Waals surface area contributed by atoms with Gasteiger partial charge < -0.3 is 0 Å². The number of nitro groups is 1. The summed E-state index contributed by atoms with van der Waals surface area (Å²) in [6.45, 7) is 1.97. The molecule has 29 heavy (non-hydrogen) atoms. The summed E-state index contributed by atoms with van der Waals surface area (Å²) in [5.41, 5.74) is 3.35. The predicted octanol–water partition coefficient (Wildman–Crippen LogP) is 5.08. The number of aryl methyl sites for hydroxylation is 1. The van der Waals surface area contributed by atoms with Gasteiger partial charge in [0.25, 0.3) is 5.69 Å². The van der Waals surface area contributed by atoms with Gasteiger partial charge in [0, 0.05) is 42.2 Å². The number of carbonyl (C=O) groups is 2. The van der Waals surface area contributed by atoms with Crippen LogP contribution >= 0.6 is 11.6 Å². The molecule has 4 rings (SSSR count). The van der Waals surface area contributed by atoms with Crippen LogP contribution in [0.15, 0.2) is 53.7 Å². The number of ketones is 1. The van der Waals surface area contributed by atoms with E-state index in [-0.39, 0.29) is 40.4 Å². The molecule has 148 valence electrons. The van der Waals surface area contributed by atoms with Crippen LogP contribution in [0.25, 0.3) is 0 Å². The highest BCUT2D eigenvalue weighted by Crippen LogP contribution is 2.45. The smallest absolute Gasteiger partial charge is 0.271 e. The van der Waals surface area contributed by atoms with Crippen molar-refractivity contribution in [1.82, 2.24) is 0 Å². The molecule has 2 aromatic rings. The Morgan fingerprint density at radius 3 is 2.66 bits per heavy atom. The largest absolute Gasteiger partial charge is 0.294 e. The maximum Gasteiger partial charge on any atom is 0.271 e. The first-order chi connectivity index (χ1) is 13.9. The maximum absolute atomic E-state index is 13.2. The van der Waals surface area contributed by atoms with E-state index in [2.05, 4.69) is 0 Å².